The first kappa shape index (κ1) is 18.6. The van der Waals surface area contributed by atoms with Crippen LogP contribution in [0, 0.1) is 6.92 Å². The van der Waals surface area contributed by atoms with Gasteiger partial charge in [0.2, 0.25) is 5.69 Å². The van der Waals surface area contributed by atoms with E-state index in [0.29, 0.717) is 25.2 Å². The standard InChI is InChI=1S/C18H24N4O3/c1-5-11-21-17(24)15(16(23)20(6-2)7-3)19-22(18(21)25)14-10-8-9-13(4)12-14/h8-10,12H,5-7,11H2,1-4H3. The van der Waals surface area contributed by atoms with Crippen LogP contribution in [0.2, 0.25) is 0 Å². The lowest BCUT2D eigenvalue weighted by Gasteiger charge is -2.19. The van der Waals surface area contributed by atoms with Gasteiger partial charge in [-0.1, -0.05) is 19.1 Å². The summed E-state index contributed by atoms with van der Waals surface area (Å²) < 4.78 is 2.23. The quantitative estimate of drug-likeness (QED) is 0.797. The summed E-state index contributed by atoms with van der Waals surface area (Å²) in [5.74, 6) is -0.457. The van der Waals surface area contributed by atoms with E-state index in [-0.39, 0.29) is 12.2 Å². The molecule has 1 aromatic carbocycles. The van der Waals surface area contributed by atoms with Crippen LogP contribution in [0.5, 0.6) is 0 Å². The molecule has 0 saturated heterocycles. The molecule has 134 valence electrons. The molecule has 0 radical (unpaired) electrons. The molecule has 0 fully saturated rings. The highest BCUT2D eigenvalue weighted by molar-refractivity contribution is 5.91. The monoisotopic (exact) mass is 344 g/mol. The minimum atomic E-state index is -0.632. The molecule has 1 aromatic heterocycles. The van der Waals surface area contributed by atoms with E-state index in [9.17, 15) is 14.4 Å². The number of aromatic nitrogens is 3. The molecule has 25 heavy (non-hydrogen) atoms. The Bertz CT molecular complexity index is 879. The van der Waals surface area contributed by atoms with E-state index in [4.69, 9.17) is 0 Å². The molecule has 2 aromatic rings. The van der Waals surface area contributed by atoms with E-state index in [1.807, 2.05) is 33.8 Å². The largest absolute Gasteiger partial charge is 0.352 e. The molecule has 1 amide bonds. The van der Waals surface area contributed by atoms with Gasteiger partial charge in [0, 0.05) is 19.6 Å². The number of amides is 1. The molecule has 7 nitrogen and oxygen atoms in total. The number of carbonyl (C=O) groups excluding carboxylic acids is 1. The molecule has 0 atom stereocenters. The third-order valence-corrected chi connectivity index (χ3v) is 4.01. The molecule has 0 spiro atoms. The Hall–Kier alpha value is -2.70. The van der Waals surface area contributed by atoms with Crippen molar-refractivity contribution in [2.75, 3.05) is 13.1 Å². The maximum atomic E-state index is 12.7. The van der Waals surface area contributed by atoms with Crippen LogP contribution >= 0.6 is 0 Å². The van der Waals surface area contributed by atoms with Crippen molar-refractivity contribution in [1.29, 1.82) is 0 Å². The van der Waals surface area contributed by atoms with E-state index < -0.39 is 17.2 Å². The first-order valence-electron chi connectivity index (χ1n) is 8.55. The molecule has 0 saturated carbocycles. The topological polar surface area (TPSA) is 77.2 Å². The molecule has 7 heteroatoms. The van der Waals surface area contributed by atoms with Gasteiger partial charge in [-0.3, -0.25) is 14.2 Å². The molecular weight excluding hydrogens is 320 g/mol. The van der Waals surface area contributed by atoms with Gasteiger partial charge < -0.3 is 4.90 Å². The number of rotatable bonds is 6. The van der Waals surface area contributed by atoms with Crippen LogP contribution in [-0.2, 0) is 6.54 Å². The zero-order valence-corrected chi connectivity index (χ0v) is 15.2. The highest BCUT2D eigenvalue weighted by Crippen LogP contribution is 2.07. The Balaban J connectivity index is 2.75. The Morgan fingerprint density at radius 1 is 1.16 bits per heavy atom. The molecule has 0 bridgehead atoms. The van der Waals surface area contributed by atoms with Gasteiger partial charge in [-0.15, -0.1) is 0 Å². The zero-order chi connectivity index (χ0) is 18.6. The Kier molecular flexibility index (Phi) is 5.90. The summed E-state index contributed by atoms with van der Waals surface area (Å²) in [4.78, 5) is 39.6. The molecule has 1 heterocycles. The fourth-order valence-electron chi connectivity index (χ4n) is 2.66. The number of hydrogen-bond donors (Lipinski definition) is 0. The molecular formula is C18H24N4O3. The van der Waals surface area contributed by atoms with Crippen LogP contribution in [0.15, 0.2) is 33.9 Å². The van der Waals surface area contributed by atoms with Crippen LogP contribution in [0.4, 0.5) is 0 Å². The van der Waals surface area contributed by atoms with E-state index in [1.165, 1.54) is 4.90 Å². The SMILES string of the molecule is CCCn1c(=O)c(C(=O)N(CC)CC)nn(-c2cccc(C)c2)c1=O. The van der Waals surface area contributed by atoms with E-state index in [2.05, 4.69) is 5.10 Å². The second-order valence-electron chi connectivity index (χ2n) is 5.82. The van der Waals surface area contributed by atoms with Gasteiger partial charge in [-0.25, -0.2) is 4.79 Å². The van der Waals surface area contributed by atoms with Gasteiger partial charge in [0.1, 0.15) is 0 Å². The zero-order valence-electron chi connectivity index (χ0n) is 15.2. The van der Waals surface area contributed by atoms with E-state index >= 15 is 0 Å². The van der Waals surface area contributed by atoms with Crippen molar-refractivity contribution in [2.45, 2.75) is 40.7 Å². The Morgan fingerprint density at radius 2 is 1.84 bits per heavy atom. The minimum absolute atomic E-state index is 0.224. The summed E-state index contributed by atoms with van der Waals surface area (Å²) in [5.41, 5.74) is 0.0963. The van der Waals surface area contributed by atoms with Crippen molar-refractivity contribution in [1.82, 2.24) is 19.2 Å². The van der Waals surface area contributed by atoms with Gasteiger partial charge in [-0.05, 0) is 44.9 Å². The van der Waals surface area contributed by atoms with Crippen LogP contribution < -0.4 is 11.2 Å². The second-order valence-corrected chi connectivity index (χ2v) is 5.82. The molecule has 0 aliphatic heterocycles. The maximum absolute atomic E-state index is 12.7. The van der Waals surface area contributed by atoms with Gasteiger partial charge >= 0.3 is 5.69 Å². The minimum Gasteiger partial charge on any atom is -0.338 e. The van der Waals surface area contributed by atoms with Crippen LogP contribution in [0.3, 0.4) is 0 Å². The van der Waals surface area contributed by atoms with Gasteiger partial charge in [0.05, 0.1) is 5.69 Å². The summed E-state index contributed by atoms with van der Waals surface area (Å²) in [6.07, 6.45) is 0.603. The molecule has 0 aliphatic rings. The van der Waals surface area contributed by atoms with Crippen LogP contribution in [-0.4, -0.2) is 38.2 Å². The van der Waals surface area contributed by atoms with E-state index in [1.54, 1.807) is 18.2 Å². The molecule has 2 rings (SSSR count). The van der Waals surface area contributed by atoms with E-state index in [0.717, 1.165) is 14.8 Å². The first-order valence-corrected chi connectivity index (χ1v) is 8.55. The van der Waals surface area contributed by atoms with Crippen LogP contribution in [0.25, 0.3) is 5.69 Å². The first-order chi connectivity index (χ1) is 11.9. The number of nitrogens with zero attached hydrogens (tertiary/aromatic N) is 4. The summed E-state index contributed by atoms with van der Waals surface area (Å²) in [5, 5.41) is 4.12. The maximum Gasteiger partial charge on any atom is 0.352 e. The summed E-state index contributed by atoms with van der Waals surface area (Å²) in [7, 11) is 0. The average molecular weight is 344 g/mol. The molecule has 0 unspecified atom stereocenters. The van der Waals surface area contributed by atoms with Gasteiger partial charge in [-0.2, -0.15) is 9.78 Å². The van der Waals surface area contributed by atoms with Crippen molar-refractivity contribution in [2.24, 2.45) is 0 Å². The summed E-state index contributed by atoms with van der Waals surface area (Å²) in [6.45, 7) is 8.62. The predicted octanol–water partition coefficient (Wildman–Crippen LogP) is 1.59. The Labute approximate surface area is 146 Å². The second kappa shape index (κ2) is 7.92. The van der Waals surface area contributed by atoms with Crippen molar-refractivity contribution in [3.63, 3.8) is 0 Å². The number of benzene rings is 1. The van der Waals surface area contributed by atoms with Gasteiger partial charge in [0.25, 0.3) is 11.5 Å². The lowest BCUT2D eigenvalue weighted by molar-refractivity contribution is 0.0761. The third-order valence-electron chi connectivity index (χ3n) is 4.01. The lowest BCUT2D eigenvalue weighted by Crippen LogP contribution is -2.46. The lowest BCUT2D eigenvalue weighted by atomic mass is 10.2. The van der Waals surface area contributed by atoms with Crippen molar-refractivity contribution in [3.8, 4) is 5.69 Å². The van der Waals surface area contributed by atoms with Crippen molar-refractivity contribution in [3.05, 3.63) is 56.4 Å². The van der Waals surface area contributed by atoms with Crippen molar-refractivity contribution < 1.29 is 4.79 Å². The smallest absolute Gasteiger partial charge is 0.338 e. The predicted molar refractivity (Wildman–Crippen MR) is 96.4 cm³/mol. The fourth-order valence-corrected chi connectivity index (χ4v) is 2.66. The van der Waals surface area contributed by atoms with Crippen LogP contribution in [0.1, 0.15) is 43.2 Å². The number of aryl methyl sites for hydroxylation is 1. The van der Waals surface area contributed by atoms with Crippen molar-refractivity contribution >= 4 is 5.91 Å². The summed E-state index contributed by atoms with van der Waals surface area (Å²) in [6, 6.07) is 7.23. The molecule has 0 aliphatic carbocycles. The fraction of sp³-hybridized carbons (Fsp3) is 0.444. The Morgan fingerprint density at radius 3 is 2.40 bits per heavy atom. The normalized spacial score (nSPS) is 10.7. The average Bonchev–Trinajstić information content (AvgIpc) is 2.59. The number of carbonyl (C=O) groups is 1. The number of hydrogen-bond acceptors (Lipinski definition) is 4. The summed E-state index contributed by atoms with van der Waals surface area (Å²) >= 11 is 0. The van der Waals surface area contributed by atoms with Gasteiger partial charge in [0.15, 0.2) is 0 Å². The third kappa shape index (κ3) is 3.70. The highest BCUT2D eigenvalue weighted by atomic mass is 16.2. The molecule has 0 N–H and O–H groups in total. The highest BCUT2D eigenvalue weighted by Gasteiger charge is 2.23.